The quantitative estimate of drug-likeness (QED) is 0.152. The van der Waals surface area contributed by atoms with Crippen molar-refractivity contribution < 1.29 is 22.3 Å². The van der Waals surface area contributed by atoms with Crippen molar-refractivity contribution in [3.05, 3.63) is 97.1 Å². The largest absolute Gasteiger partial charge is 0.379 e. The molecule has 3 aromatic carbocycles. The maximum atomic E-state index is 12.5. The number of amides is 1. The lowest BCUT2D eigenvalue weighted by atomic mass is 10.2. The van der Waals surface area contributed by atoms with Gasteiger partial charge in [0, 0.05) is 20.8 Å². The minimum atomic E-state index is -4.26. The van der Waals surface area contributed by atoms with E-state index in [4.69, 9.17) is 4.18 Å². The molecule has 0 saturated heterocycles. The van der Waals surface area contributed by atoms with Crippen molar-refractivity contribution >= 4 is 50.5 Å². The van der Waals surface area contributed by atoms with E-state index in [0.29, 0.717) is 16.7 Å². The number of halogens is 1. The van der Waals surface area contributed by atoms with Crippen LogP contribution in [0.15, 0.2) is 76.7 Å². The zero-order valence-corrected chi connectivity index (χ0v) is 19.5. The van der Waals surface area contributed by atoms with Crippen LogP contribution in [0.2, 0.25) is 0 Å². The lowest BCUT2D eigenvalue weighted by molar-refractivity contribution is -0.385. The number of hydrogen-bond acceptors (Lipinski definition) is 7. The van der Waals surface area contributed by atoms with Crippen LogP contribution >= 0.6 is 22.6 Å². The monoisotopic (exact) mass is 565 g/mol. The number of aryl methyl sites for hydroxylation is 1. The maximum Gasteiger partial charge on any atom is 0.339 e. The number of nitrogens with zero attached hydrogens (tertiary/aromatic N) is 2. The van der Waals surface area contributed by atoms with Crippen LogP contribution in [0.5, 0.6) is 5.75 Å². The highest BCUT2D eigenvalue weighted by Crippen LogP contribution is 2.25. The van der Waals surface area contributed by atoms with Crippen LogP contribution in [0.1, 0.15) is 21.5 Å². The fraction of sp³-hybridized carbons (Fsp3) is 0.0476. The molecule has 0 radical (unpaired) electrons. The summed E-state index contributed by atoms with van der Waals surface area (Å²) in [6.45, 7) is 1.51. The molecule has 0 bridgehead atoms. The highest BCUT2D eigenvalue weighted by Gasteiger charge is 2.21. The molecule has 0 unspecified atom stereocenters. The summed E-state index contributed by atoms with van der Waals surface area (Å²) in [5.74, 6) is -0.341. The fourth-order valence-corrected chi connectivity index (χ4v) is 4.08. The Labute approximate surface area is 197 Å². The van der Waals surface area contributed by atoms with Crippen LogP contribution in [0, 0.1) is 20.6 Å². The number of hydrazone groups is 1. The molecule has 0 aliphatic heterocycles. The predicted molar refractivity (Wildman–Crippen MR) is 126 cm³/mol. The van der Waals surface area contributed by atoms with Gasteiger partial charge in [-0.3, -0.25) is 14.9 Å². The van der Waals surface area contributed by atoms with Gasteiger partial charge >= 0.3 is 10.1 Å². The smallest absolute Gasteiger partial charge is 0.339 e. The molecule has 9 nitrogen and oxygen atoms in total. The Balaban J connectivity index is 1.66. The predicted octanol–water partition coefficient (Wildman–Crippen LogP) is 4.04. The second-order valence-electron chi connectivity index (χ2n) is 6.52. The summed E-state index contributed by atoms with van der Waals surface area (Å²) >= 11 is 2.10. The van der Waals surface area contributed by atoms with Gasteiger partial charge in [0.25, 0.3) is 11.6 Å². The summed E-state index contributed by atoms with van der Waals surface area (Å²) < 4.78 is 30.9. The molecule has 1 amide bonds. The summed E-state index contributed by atoms with van der Waals surface area (Å²) in [6.07, 6.45) is 1.40. The second-order valence-corrected chi connectivity index (χ2v) is 9.31. The zero-order valence-electron chi connectivity index (χ0n) is 16.6. The number of nitro benzene ring substituents is 1. The van der Waals surface area contributed by atoms with Gasteiger partial charge in [-0.2, -0.15) is 13.5 Å². The van der Waals surface area contributed by atoms with Crippen molar-refractivity contribution in [2.24, 2.45) is 5.10 Å². The van der Waals surface area contributed by atoms with Crippen LogP contribution in [-0.4, -0.2) is 25.5 Å². The SMILES string of the molecule is Cc1ccc(S(=O)(=O)Oc2ccc(/C=N\NC(=O)c3cccc(I)c3)cc2)cc1[N+](=O)[O-]. The third-order valence-corrected chi connectivity index (χ3v) is 6.13. The molecular formula is C21H16IN3O6S. The molecule has 32 heavy (non-hydrogen) atoms. The Morgan fingerprint density at radius 1 is 1.12 bits per heavy atom. The summed E-state index contributed by atoms with van der Waals surface area (Å²) in [6, 6.07) is 16.5. The zero-order chi connectivity index (χ0) is 23.3. The topological polar surface area (TPSA) is 128 Å². The third kappa shape index (κ3) is 5.88. The first-order chi connectivity index (χ1) is 15.2. The van der Waals surface area contributed by atoms with Gasteiger partial charge in [-0.15, -0.1) is 0 Å². The number of nitro groups is 1. The van der Waals surface area contributed by atoms with Crippen LogP contribution in [0.4, 0.5) is 5.69 Å². The molecule has 0 saturated carbocycles. The van der Waals surface area contributed by atoms with Crippen LogP contribution in [0.3, 0.4) is 0 Å². The van der Waals surface area contributed by atoms with Crippen molar-refractivity contribution in [3.8, 4) is 5.75 Å². The lowest BCUT2D eigenvalue weighted by Crippen LogP contribution is -2.17. The normalized spacial score (nSPS) is 11.3. The molecule has 0 atom stereocenters. The molecule has 0 aliphatic rings. The number of carbonyl (C=O) groups excluding carboxylic acids is 1. The first kappa shape index (κ1) is 23.3. The van der Waals surface area contributed by atoms with E-state index < -0.39 is 15.0 Å². The van der Waals surface area contributed by atoms with Crippen molar-refractivity contribution in [2.45, 2.75) is 11.8 Å². The number of benzene rings is 3. The first-order valence-corrected chi connectivity index (χ1v) is 11.5. The van der Waals surface area contributed by atoms with Gasteiger partial charge in [-0.05, 0) is 83.6 Å². The van der Waals surface area contributed by atoms with Gasteiger partial charge in [-0.1, -0.05) is 12.1 Å². The van der Waals surface area contributed by atoms with Gasteiger partial charge in [0.15, 0.2) is 0 Å². The minimum absolute atomic E-state index is 0.0216. The standard InChI is InChI=1S/C21H16IN3O6S/c1-14-5-10-19(12-20(14)25(27)28)32(29,30)31-18-8-6-15(7-9-18)13-23-24-21(26)16-3-2-4-17(22)11-16/h2-13H,1H3,(H,24,26)/b23-13-. The lowest BCUT2D eigenvalue weighted by Gasteiger charge is -2.08. The summed E-state index contributed by atoms with van der Waals surface area (Å²) in [4.78, 5) is 22.1. The van der Waals surface area contributed by atoms with Gasteiger partial charge in [0.05, 0.1) is 11.1 Å². The molecule has 0 aliphatic carbocycles. The van der Waals surface area contributed by atoms with Crippen molar-refractivity contribution in [2.75, 3.05) is 0 Å². The molecule has 0 fully saturated rings. The van der Waals surface area contributed by atoms with E-state index in [1.165, 1.54) is 37.4 Å². The van der Waals surface area contributed by atoms with E-state index in [0.717, 1.165) is 9.64 Å². The highest BCUT2D eigenvalue weighted by atomic mass is 127. The average Bonchev–Trinajstić information content (AvgIpc) is 2.74. The molecule has 164 valence electrons. The molecule has 11 heteroatoms. The summed E-state index contributed by atoms with van der Waals surface area (Å²) in [5.41, 5.74) is 3.50. The van der Waals surface area contributed by atoms with E-state index in [1.54, 1.807) is 30.3 Å². The second kappa shape index (κ2) is 9.87. The van der Waals surface area contributed by atoms with Gasteiger partial charge in [0.2, 0.25) is 0 Å². The highest BCUT2D eigenvalue weighted by molar-refractivity contribution is 14.1. The van der Waals surface area contributed by atoms with E-state index >= 15 is 0 Å². The van der Waals surface area contributed by atoms with Crippen molar-refractivity contribution in [1.82, 2.24) is 5.43 Å². The minimum Gasteiger partial charge on any atom is -0.379 e. The maximum absolute atomic E-state index is 12.5. The Hall–Kier alpha value is -3.32. The van der Waals surface area contributed by atoms with Gasteiger partial charge in [-0.25, -0.2) is 5.43 Å². The number of rotatable bonds is 7. The molecule has 0 heterocycles. The van der Waals surface area contributed by atoms with Gasteiger partial charge < -0.3 is 4.18 Å². The molecule has 0 aromatic heterocycles. The van der Waals surface area contributed by atoms with Crippen molar-refractivity contribution in [3.63, 3.8) is 0 Å². The summed E-state index contributed by atoms with van der Waals surface area (Å²) in [5, 5.41) is 14.9. The Bertz CT molecular complexity index is 1310. The van der Waals surface area contributed by atoms with Crippen LogP contribution in [0.25, 0.3) is 0 Å². The molecule has 3 rings (SSSR count). The van der Waals surface area contributed by atoms with Gasteiger partial charge in [0.1, 0.15) is 10.6 Å². The first-order valence-electron chi connectivity index (χ1n) is 9.04. The summed E-state index contributed by atoms with van der Waals surface area (Å²) in [7, 11) is -4.26. The van der Waals surface area contributed by atoms with E-state index in [-0.39, 0.29) is 22.2 Å². The number of nitrogens with one attached hydrogen (secondary N) is 1. The van der Waals surface area contributed by atoms with Crippen LogP contribution < -0.4 is 9.61 Å². The van der Waals surface area contributed by atoms with E-state index in [1.807, 2.05) is 6.07 Å². The fourth-order valence-electron chi connectivity index (χ4n) is 2.59. The van der Waals surface area contributed by atoms with Crippen LogP contribution in [-0.2, 0) is 10.1 Å². The Morgan fingerprint density at radius 3 is 2.50 bits per heavy atom. The molecule has 1 N–H and O–H groups in total. The Morgan fingerprint density at radius 2 is 1.84 bits per heavy atom. The number of carbonyl (C=O) groups is 1. The molecule has 0 spiro atoms. The van der Waals surface area contributed by atoms with E-state index in [9.17, 15) is 23.3 Å². The molecule has 3 aromatic rings. The van der Waals surface area contributed by atoms with E-state index in [2.05, 4.69) is 33.1 Å². The average molecular weight is 565 g/mol. The van der Waals surface area contributed by atoms with Crippen molar-refractivity contribution in [1.29, 1.82) is 0 Å². The third-order valence-electron chi connectivity index (χ3n) is 4.22. The molecular weight excluding hydrogens is 549 g/mol. The number of hydrogen-bond donors (Lipinski definition) is 1. The Kier molecular flexibility index (Phi) is 7.20.